The molecule has 43 heavy (non-hydrogen) atoms. The Balaban J connectivity index is 1.29. The van der Waals surface area contributed by atoms with E-state index in [0.29, 0.717) is 55.8 Å². The van der Waals surface area contributed by atoms with Crippen LogP contribution in [0.25, 0.3) is 17.2 Å². The van der Waals surface area contributed by atoms with Crippen LogP contribution in [-0.4, -0.2) is 61.7 Å². The van der Waals surface area contributed by atoms with Gasteiger partial charge in [0.25, 0.3) is 0 Å². The highest BCUT2D eigenvalue weighted by Crippen LogP contribution is 2.28. The third kappa shape index (κ3) is 7.40. The Morgan fingerprint density at radius 1 is 1.05 bits per heavy atom. The zero-order valence-corrected chi connectivity index (χ0v) is 23.6. The molecule has 2 aromatic carbocycles. The van der Waals surface area contributed by atoms with E-state index in [-0.39, 0.29) is 29.4 Å². The first-order valence-corrected chi connectivity index (χ1v) is 14.2. The zero-order chi connectivity index (χ0) is 30.2. The Hall–Kier alpha value is -4.68. The fourth-order valence-corrected chi connectivity index (χ4v) is 5.08. The van der Waals surface area contributed by atoms with Crippen molar-refractivity contribution in [3.05, 3.63) is 89.8 Å². The molecule has 1 aliphatic heterocycles. The number of aromatic nitrogens is 4. The lowest BCUT2D eigenvalue weighted by molar-refractivity contribution is -0.0301. The molecular formula is C31H33FN6O5. The van der Waals surface area contributed by atoms with Crippen LogP contribution in [0.2, 0.25) is 0 Å². The van der Waals surface area contributed by atoms with Gasteiger partial charge < -0.3 is 24.5 Å². The van der Waals surface area contributed by atoms with Gasteiger partial charge in [0.15, 0.2) is 23.3 Å². The van der Waals surface area contributed by atoms with E-state index < -0.39 is 18.1 Å². The number of anilines is 1. The minimum atomic E-state index is -1.14. The van der Waals surface area contributed by atoms with Gasteiger partial charge in [0, 0.05) is 12.1 Å². The van der Waals surface area contributed by atoms with E-state index >= 15 is 0 Å². The average molecular weight is 589 g/mol. The zero-order valence-electron chi connectivity index (χ0n) is 23.6. The van der Waals surface area contributed by atoms with Gasteiger partial charge in [0.2, 0.25) is 0 Å². The molecule has 0 bridgehead atoms. The number of rotatable bonds is 12. The Bertz CT molecular complexity index is 1590. The number of nitrogens with zero attached hydrogens (tertiary/aromatic N) is 4. The highest BCUT2D eigenvalue weighted by molar-refractivity contribution is 5.95. The summed E-state index contributed by atoms with van der Waals surface area (Å²) in [7, 11) is 0. The van der Waals surface area contributed by atoms with Crippen molar-refractivity contribution in [2.45, 2.75) is 57.6 Å². The molecular weight excluding hydrogens is 555 g/mol. The SMILES string of the molecule is CCNC(=O)Nc1ncnc2c1ncn2CC1O[C@@H](/C=C/c2ccccc2)OC1CCCCc1c(F)cccc1C(=O)O. The monoisotopic (exact) mass is 588 g/mol. The molecule has 224 valence electrons. The number of urea groups is 1. The number of ether oxygens (including phenoxy) is 2. The molecule has 1 fully saturated rings. The molecule has 0 spiro atoms. The second kappa shape index (κ2) is 14.0. The van der Waals surface area contributed by atoms with E-state index in [0.717, 1.165) is 5.56 Å². The van der Waals surface area contributed by atoms with E-state index in [4.69, 9.17) is 9.47 Å². The number of hydrogen-bond acceptors (Lipinski definition) is 7. The third-order valence-corrected chi connectivity index (χ3v) is 7.14. The summed E-state index contributed by atoms with van der Waals surface area (Å²) in [6, 6.07) is 13.5. The van der Waals surface area contributed by atoms with E-state index in [2.05, 4.69) is 25.6 Å². The van der Waals surface area contributed by atoms with Crippen LogP contribution < -0.4 is 10.6 Å². The van der Waals surface area contributed by atoms with E-state index in [1.54, 1.807) is 6.33 Å². The van der Waals surface area contributed by atoms with E-state index in [1.165, 1.54) is 24.5 Å². The number of carbonyl (C=O) groups is 2. The molecule has 0 radical (unpaired) electrons. The maximum absolute atomic E-state index is 14.4. The quantitative estimate of drug-likeness (QED) is 0.196. The van der Waals surface area contributed by atoms with Crippen molar-refractivity contribution >= 4 is 35.1 Å². The molecule has 3 atom stereocenters. The number of aromatic carboxylic acids is 1. The van der Waals surface area contributed by atoms with Gasteiger partial charge in [-0.2, -0.15) is 0 Å². The number of imidazole rings is 1. The van der Waals surface area contributed by atoms with Crippen LogP contribution in [0.4, 0.5) is 15.0 Å². The number of carboxylic acids is 1. The Kier molecular flexibility index (Phi) is 9.70. The van der Waals surface area contributed by atoms with Crippen molar-refractivity contribution in [3.8, 4) is 0 Å². The van der Waals surface area contributed by atoms with Crippen molar-refractivity contribution in [1.82, 2.24) is 24.8 Å². The summed E-state index contributed by atoms with van der Waals surface area (Å²) in [5.74, 6) is -1.36. The van der Waals surface area contributed by atoms with Gasteiger partial charge in [0.1, 0.15) is 18.2 Å². The van der Waals surface area contributed by atoms with Gasteiger partial charge in [-0.25, -0.2) is 28.9 Å². The smallest absolute Gasteiger partial charge is 0.336 e. The van der Waals surface area contributed by atoms with E-state index in [9.17, 15) is 19.1 Å². The second-order valence-corrected chi connectivity index (χ2v) is 10.1. The minimum absolute atomic E-state index is 0.0144. The number of halogens is 1. The number of nitrogens with one attached hydrogen (secondary N) is 2. The molecule has 12 heteroatoms. The molecule has 4 aromatic rings. The second-order valence-electron chi connectivity index (χ2n) is 10.1. The molecule has 0 saturated carbocycles. The van der Waals surface area contributed by atoms with Crippen LogP contribution in [-0.2, 0) is 22.4 Å². The summed E-state index contributed by atoms with van der Waals surface area (Å²) in [6.45, 7) is 2.67. The predicted octanol–water partition coefficient (Wildman–Crippen LogP) is 5.04. The van der Waals surface area contributed by atoms with Crippen molar-refractivity contribution in [3.63, 3.8) is 0 Å². The molecule has 1 aliphatic rings. The van der Waals surface area contributed by atoms with Crippen LogP contribution >= 0.6 is 0 Å². The molecule has 2 unspecified atom stereocenters. The number of carbonyl (C=O) groups excluding carboxylic acids is 1. The molecule has 2 aromatic heterocycles. The lowest BCUT2D eigenvalue weighted by Gasteiger charge is -2.17. The topological polar surface area (TPSA) is 140 Å². The van der Waals surface area contributed by atoms with Crippen LogP contribution in [0.15, 0.2) is 67.3 Å². The van der Waals surface area contributed by atoms with Gasteiger partial charge in [-0.15, -0.1) is 0 Å². The number of unbranched alkanes of at least 4 members (excludes halogenated alkanes) is 1. The molecule has 3 N–H and O–H groups in total. The normalized spacial score (nSPS) is 18.3. The standard InChI is InChI=1S/C31H33FN6O5/c1-2-33-31(41)37-28-27-29(35-18-34-28)38(19-36-27)17-25-24(42-26(43-25)16-15-20-9-4-3-5-10-20)14-7-6-11-21-22(30(39)40)12-8-13-23(21)32/h3-5,8-10,12-13,15-16,18-19,24-26H,2,6-7,11,14,17H2,1H3,(H,39,40)(H2,33,34,35,37,41)/b16-15+/t24?,25?,26-/m0/s1. The lowest BCUT2D eigenvalue weighted by Crippen LogP contribution is -2.29. The van der Waals surface area contributed by atoms with Crippen molar-refractivity contribution in [1.29, 1.82) is 0 Å². The Morgan fingerprint density at radius 3 is 2.65 bits per heavy atom. The lowest BCUT2D eigenvalue weighted by atomic mass is 9.99. The van der Waals surface area contributed by atoms with Crippen LogP contribution in [0.1, 0.15) is 47.7 Å². The van der Waals surface area contributed by atoms with Crippen LogP contribution in [0.5, 0.6) is 0 Å². The van der Waals surface area contributed by atoms with Crippen LogP contribution in [0.3, 0.4) is 0 Å². The number of benzene rings is 2. The highest BCUT2D eigenvalue weighted by atomic mass is 19.1. The molecule has 0 aliphatic carbocycles. The summed E-state index contributed by atoms with van der Waals surface area (Å²) in [4.78, 5) is 36.6. The Labute approximate surface area is 247 Å². The first-order chi connectivity index (χ1) is 20.9. The summed E-state index contributed by atoms with van der Waals surface area (Å²) >= 11 is 0. The molecule has 1 saturated heterocycles. The molecule has 3 heterocycles. The number of carboxylic acid groups (broad SMARTS) is 1. The maximum Gasteiger partial charge on any atom is 0.336 e. The number of fused-ring (bicyclic) bond motifs is 1. The highest BCUT2D eigenvalue weighted by Gasteiger charge is 2.35. The molecule has 5 rings (SSSR count). The van der Waals surface area contributed by atoms with Crippen molar-refractivity contribution in [2.24, 2.45) is 0 Å². The summed E-state index contributed by atoms with van der Waals surface area (Å²) in [5.41, 5.74) is 2.19. The first kappa shape index (κ1) is 29.8. The van der Waals surface area contributed by atoms with Gasteiger partial charge >= 0.3 is 12.0 Å². The third-order valence-electron chi connectivity index (χ3n) is 7.14. The maximum atomic E-state index is 14.4. The average Bonchev–Trinajstić information content (AvgIpc) is 3.59. The van der Waals surface area contributed by atoms with Gasteiger partial charge in [-0.05, 0) is 50.0 Å². The summed E-state index contributed by atoms with van der Waals surface area (Å²) in [5, 5.41) is 14.8. The predicted molar refractivity (Wildman–Crippen MR) is 158 cm³/mol. The first-order valence-electron chi connectivity index (χ1n) is 14.2. The fraction of sp³-hybridized carbons (Fsp3) is 0.323. The van der Waals surface area contributed by atoms with Gasteiger partial charge in [0.05, 0.1) is 24.5 Å². The number of amides is 2. The van der Waals surface area contributed by atoms with Gasteiger partial charge in [-0.3, -0.25) is 5.32 Å². The van der Waals surface area contributed by atoms with E-state index in [1.807, 2.05) is 54.0 Å². The fourth-order valence-electron chi connectivity index (χ4n) is 5.08. The summed E-state index contributed by atoms with van der Waals surface area (Å²) < 4.78 is 28.8. The number of hydrogen-bond donors (Lipinski definition) is 3. The summed E-state index contributed by atoms with van der Waals surface area (Å²) in [6.07, 6.45) is 7.72. The van der Waals surface area contributed by atoms with Crippen molar-refractivity contribution < 1.29 is 28.6 Å². The largest absolute Gasteiger partial charge is 0.478 e. The molecule has 11 nitrogen and oxygen atoms in total. The van der Waals surface area contributed by atoms with Crippen LogP contribution in [0, 0.1) is 5.82 Å². The van der Waals surface area contributed by atoms with Crippen molar-refractivity contribution in [2.75, 3.05) is 11.9 Å². The minimum Gasteiger partial charge on any atom is -0.478 e. The Morgan fingerprint density at radius 2 is 1.86 bits per heavy atom. The molecule has 2 amide bonds. The van der Waals surface area contributed by atoms with Gasteiger partial charge in [-0.1, -0.05) is 48.9 Å².